The van der Waals surface area contributed by atoms with Crippen LogP contribution in [0.4, 0.5) is 8.78 Å². The Labute approximate surface area is 120 Å². The van der Waals surface area contributed by atoms with Gasteiger partial charge in [0.25, 0.3) is 6.43 Å². The first-order chi connectivity index (χ1) is 9.62. The van der Waals surface area contributed by atoms with Gasteiger partial charge < -0.3 is 16.0 Å². The highest BCUT2D eigenvalue weighted by molar-refractivity contribution is 5.26. The number of hydrogen-bond acceptors (Lipinski definition) is 3. The lowest BCUT2D eigenvalue weighted by Crippen LogP contribution is -2.36. The Morgan fingerprint density at radius 1 is 1.10 bits per heavy atom. The van der Waals surface area contributed by atoms with E-state index >= 15 is 0 Å². The Kier molecular flexibility index (Phi) is 7.65. The fourth-order valence-electron chi connectivity index (χ4n) is 2.15. The van der Waals surface area contributed by atoms with Gasteiger partial charge in [-0.25, -0.2) is 8.78 Å². The molecule has 1 aromatic rings. The van der Waals surface area contributed by atoms with Crippen LogP contribution in [0.1, 0.15) is 37.4 Å². The van der Waals surface area contributed by atoms with E-state index in [1.165, 1.54) is 12.1 Å². The van der Waals surface area contributed by atoms with E-state index in [0.717, 1.165) is 31.7 Å². The zero-order valence-corrected chi connectivity index (χ0v) is 12.3. The van der Waals surface area contributed by atoms with Crippen LogP contribution >= 0.6 is 0 Å². The number of hydrogen-bond donors (Lipinski definition) is 2. The number of alkyl halides is 2. The van der Waals surface area contributed by atoms with Crippen LogP contribution in [0.2, 0.25) is 0 Å². The molecule has 0 spiro atoms. The van der Waals surface area contributed by atoms with E-state index in [1.54, 1.807) is 12.1 Å². The number of nitrogens with one attached hydrogen (secondary N) is 1. The molecule has 0 aliphatic heterocycles. The lowest BCUT2D eigenvalue weighted by atomic mass is 10.0. The maximum Gasteiger partial charge on any atom is 0.263 e. The van der Waals surface area contributed by atoms with Crippen LogP contribution in [0, 0.1) is 0 Å². The van der Waals surface area contributed by atoms with Gasteiger partial charge in [-0.3, -0.25) is 0 Å². The predicted octanol–water partition coefficient (Wildman–Crippen LogP) is 2.56. The van der Waals surface area contributed by atoms with Crippen molar-refractivity contribution in [3.8, 4) is 0 Å². The number of nitrogens with zero attached hydrogens (tertiary/aromatic N) is 1. The molecule has 1 aromatic carbocycles. The SMILES string of the molecule is CCN(CC)CCNC(CN)c1ccc(C(F)F)cc1. The lowest BCUT2D eigenvalue weighted by Gasteiger charge is -2.22. The molecule has 1 atom stereocenters. The second-order valence-corrected chi connectivity index (χ2v) is 4.74. The molecule has 0 radical (unpaired) electrons. The van der Waals surface area contributed by atoms with Crippen molar-refractivity contribution in [3.63, 3.8) is 0 Å². The van der Waals surface area contributed by atoms with E-state index in [4.69, 9.17) is 5.73 Å². The van der Waals surface area contributed by atoms with E-state index < -0.39 is 6.43 Å². The van der Waals surface area contributed by atoms with Crippen molar-refractivity contribution in [2.24, 2.45) is 5.73 Å². The first-order valence-corrected chi connectivity index (χ1v) is 7.16. The van der Waals surface area contributed by atoms with Gasteiger partial charge >= 0.3 is 0 Å². The zero-order chi connectivity index (χ0) is 15.0. The largest absolute Gasteiger partial charge is 0.329 e. The van der Waals surface area contributed by atoms with Crippen molar-refractivity contribution in [1.29, 1.82) is 0 Å². The first-order valence-electron chi connectivity index (χ1n) is 7.16. The number of nitrogens with two attached hydrogens (primary N) is 1. The summed E-state index contributed by atoms with van der Waals surface area (Å²) >= 11 is 0. The highest BCUT2D eigenvalue weighted by atomic mass is 19.3. The highest BCUT2D eigenvalue weighted by Gasteiger charge is 2.11. The summed E-state index contributed by atoms with van der Waals surface area (Å²) in [6.45, 7) is 8.55. The van der Waals surface area contributed by atoms with Crippen LogP contribution in [0.15, 0.2) is 24.3 Å². The van der Waals surface area contributed by atoms with Crippen molar-refractivity contribution in [3.05, 3.63) is 35.4 Å². The van der Waals surface area contributed by atoms with Gasteiger partial charge in [0.1, 0.15) is 0 Å². The van der Waals surface area contributed by atoms with Crippen molar-refractivity contribution >= 4 is 0 Å². The van der Waals surface area contributed by atoms with Crippen LogP contribution in [0.5, 0.6) is 0 Å². The molecule has 20 heavy (non-hydrogen) atoms. The molecule has 0 aromatic heterocycles. The maximum absolute atomic E-state index is 12.5. The Balaban J connectivity index is 2.53. The van der Waals surface area contributed by atoms with Gasteiger partial charge in [0, 0.05) is 31.2 Å². The average molecular weight is 285 g/mol. The Hall–Kier alpha value is -1.04. The van der Waals surface area contributed by atoms with Crippen LogP contribution in [-0.2, 0) is 0 Å². The molecular formula is C15H25F2N3. The second-order valence-electron chi connectivity index (χ2n) is 4.74. The molecule has 0 saturated carbocycles. The van der Waals surface area contributed by atoms with Crippen molar-refractivity contribution in [1.82, 2.24) is 10.2 Å². The molecule has 3 nitrogen and oxygen atoms in total. The third-order valence-electron chi connectivity index (χ3n) is 3.54. The van der Waals surface area contributed by atoms with Gasteiger partial charge in [-0.15, -0.1) is 0 Å². The molecule has 0 aliphatic rings. The molecule has 5 heteroatoms. The van der Waals surface area contributed by atoms with Gasteiger partial charge in [0.05, 0.1) is 0 Å². The van der Waals surface area contributed by atoms with Gasteiger partial charge in [0.2, 0.25) is 0 Å². The minimum absolute atomic E-state index is 0.0114. The third-order valence-corrected chi connectivity index (χ3v) is 3.54. The van der Waals surface area contributed by atoms with Gasteiger partial charge in [-0.1, -0.05) is 38.1 Å². The summed E-state index contributed by atoms with van der Waals surface area (Å²) in [4.78, 5) is 2.32. The molecule has 0 fully saturated rings. The molecule has 0 heterocycles. The monoisotopic (exact) mass is 285 g/mol. The van der Waals surface area contributed by atoms with Gasteiger partial charge in [-0.2, -0.15) is 0 Å². The van der Waals surface area contributed by atoms with Crippen molar-refractivity contribution < 1.29 is 8.78 Å². The van der Waals surface area contributed by atoms with Crippen LogP contribution in [0.3, 0.4) is 0 Å². The lowest BCUT2D eigenvalue weighted by molar-refractivity contribution is 0.151. The fourth-order valence-corrected chi connectivity index (χ4v) is 2.15. The van der Waals surface area contributed by atoms with E-state index in [9.17, 15) is 8.78 Å². The standard InChI is InChI=1S/C15H25F2N3/c1-3-20(4-2)10-9-19-14(11-18)12-5-7-13(8-6-12)15(16)17/h5-8,14-15,19H,3-4,9-11,18H2,1-2H3. The molecule has 1 rings (SSSR count). The summed E-state index contributed by atoms with van der Waals surface area (Å²) in [6.07, 6.45) is -2.42. The average Bonchev–Trinajstić information content (AvgIpc) is 2.48. The minimum atomic E-state index is -2.42. The van der Waals surface area contributed by atoms with Crippen molar-refractivity contribution in [2.75, 3.05) is 32.7 Å². The summed E-state index contributed by atoms with van der Waals surface area (Å²) < 4.78 is 25.0. The van der Waals surface area contributed by atoms with Crippen LogP contribution < -0.4 is 11.1 Å². The molecule has 0 aliphatic carbocycles. The summed E-state index contributed by atoms with van der Waals surface area (Å²) in [7, 11) is 0. The molecule has 0 amide bonds. The summed E-state index contributed by atoms with van der Waals surface area (Å²) in [5, 5.41) is 3.38. The number of halogens is 2. The molecule has 0 bridgehead atoms. The van der Waals surface area contributed by atoms with E-state index in [0.29, 0.717) is 6.54 Å². The predicted molar refractivity (Wildman–Crippen MR) is 79.0 cm³/mol. The summed E-state index contributed by atoms with van der Waals surface area (Å²) in [5.41, 5.74) is 6.76. The van der Waals surface area contributed by atoms with Crippen molar-refractivity contribution in [2.45, 2.75) is 26.3 Å². The highest BCUT2D eigenvalue weighted by Crippen LogP contribution is 2.20. The Bertz CT molecular complexity index is 364. The minimum Gasteiger partial charge on any atom is -0.329 e. The van der Waals surface area contributed by atoms with Gasteiger partial charge in [-0.05, 0) is 18.7 Å². The summed E-state index contributed by atoms with van der Waals surface area (Å²) in [6, 6.07) is 6.40. The van der Waals surface area contributed by atoms with E-state index in [-0.39, 0.29) is 11.6 Å². The van der Waals surface area contributed by atoms with E-state index in [1.807, 2.05) is 0 Å². The quantitative estimate of drug-likeness (QED) is 0.732. The first kappa shape index (κ1) is 17.0. The molecule has 1 unspecified atom stereocenters. The molecule has 0 saturated heterocycles. The van der Waals surface area contributed by atoms with Crippen LogP contribution in [0.25, 0.3) is 0 Å². The number of rotatable bonds is 9. The smallest absolute Gasteiger partial charge is 0.263 e. The van der Waals surface area contributed by atoms with E-state index in [2.05, 4.69) is 24.1 Å². The normalized spacial score (nSPS) is 13.2. The van der Waals surface area contributed by atoms with Gasteiger partial charge in [0.15, 0.2) is 0 Å². The fraction of sp³-hybridized carbons (Fsp3) is 0.600. The Morgan fingerprint density at radius 2 is 1.65 bits per heavy atom. The third kappa shape index (κ3) is 5.15. The Morgan fingerprint density at radius 3 is 2.10 bits per heavy atom. The molecule has 114 valence electrons. The summed E-state index contributed by atoms with van der Waals surface area (Å²) in [5.74, 6) is 0. The van der Waals surface area contributed by atoms with Crippen LogP contribution in [-0.4, -0.2) is 37.6 Å². The maximum atomic E-state index is 12.5. The topological polar surface area (TPSA) is 41.3 Å². The number of likely N-dealkylation sites (N-methyl/N-ethyl adjacent to an activating group) is 1. The second kappa shape index (κ2) is 9.00. The zero-order valence-electron chi connectivity index (χ0n) is 12.3. The molecule has 3 N–H and O–H groups in total. The number of benzene rings is 1. The molecular weight excluding hydrogens is 260 g/mol.